The zero-order valence-electron chi connectivity index (χ0n) is 17.8. The van der Waals surface area contributed by atoms with Crippen LogP contribution in [0.5, 0.6) is 0 Å². The predicted molar refractivity (Wildman–Crippen MR) is 128 cm³/mol. The normalized spacial score (nSPS) is 12.0. The van der Waals surface area contributed by atoms with Crippen LogP contribution >= 0.6 is 24.0 Å². The number of aromatic nitrogens is 2. The van der Waals surface area contributed by atoms with Crippen LogP contribution in [-0.2, 0) is 13.1 Å². The lowest BCUT2D eigenvalue weighted by Crippen LogP contribution is -2.44. The average molecular weight is 498 g/mol. The standard InChI is InChI=1S/C21H34N6.HI/c1-6-22-20(24-16-21(2,3)17-26(4)5)23-14-18-10-7-8-11-19(18)15-27-13-9-12-25-27;/h7-13H,6,14-17H2,1-5H3,(H2,22,23,24);1H. The Hall–Kier alpha value is -1.61. The monoisotopic (exact) mass is 498 g/mol. The molecule has 0 unspecified atom stereocenters. The van der Waals surface area contributed by atoms with E-state index in [9.17, 15) is 0 Å². The van der Waals surface area contributed by atoms with E-state index in [0.29, 0.717) is 6.54 Å². The lowest BCUT2D eigenvalue weighted by Gasteiger charge is -2.29. The molecule has 0 fully saturated rings. The highest BCUT2D eigenvalue weighted by molar-refractivity contribution is 14.0. The van der Waals surface area contributed by atoms with Gasteiger partial charge in [0.2, 0.25) is 0 Å². The third-order valence-corrected chi connectivity index (χ3v) is 4.24. The molecule has 7 heteroatoms. The molecule has 0 radical (unpaired) electrons. The number of hydrogen-bond donors (Lipinski definition) is 2. The summed E-state index contributed by atoms with van der Waals surface area (Å²) in [7, 11) is 4.22. The van der Waals surface area contributed by atoms with Crippen LogP contribution < -0.4 is 10.6 Å². The van der Waals surface area contributed by atoms with Crippen molar-refractivity contribution in [1.82, 2.24) is 25.3 Å². The second kappa shape index (κ2) is 12.1. The van der Waals surface area contributed by atoms with Crippen molar-refractivity contribution in [2.75, 3.05) is 33.7 Å². The number of nitrogens with one attached hydrogen (secondary N) is 2. The lowest BCUT2D eigenvalue weighted by atomic mass is 9.93. The molecule has 0 saturated carbocycles. The fraction of sp³-hybridized carbons (Fsp3) is 0.524. The van der Waals surface area contributed by atoms with Gasteiger partial charge in [-0.2, -0.15) is 5.10 Å². The highest BCUT2D eigenvalue weighted by Gasteiger charge is 2.19. The predicted octanol–water partition coefficient (Wildman–Crippen LogP) is 3.19. The molecule has 2 aromatic rings. The SMILES string of the molecule is CCNC(=NCc1ccccc1Cn1cccn1)NCC(C)(C)CN(C)C.I. The first kappa shape index (κ1) is 24.4. The largest absolute Gasteiger partial charge is 0.357 e. The Kier molecular flexibility index (Phi) is 10.5. The first-order valence-corrected chi connectivity index (χ1v) is 9.61. The number of hydrogen-bond acceptors (Lipinski definition) is 3. The second-order valence-corrected chi connectivity index (χ2v) is 7.92. The number of aliphatic imine (C=N–C) groups is 1. The van der Waals surface area contributed by atoms with Gasteiger partial charge in [-0.3, -0.25) is 4.68 Å². The molecule has 0 aliphatic rings. The molecule has 0 bridgehead atoms. The van der Waals surface area contributed by atoms with E-state index in [0.717, 1.165) is 32.1 Å². The van der Waals surface area contributed by atoms with Crippen LogP contribution in [0.15, 0.2) is 47.7 Å². The van der Waals surface area contributed by atoms with Crippen LogP contribution in [0.3, 0.4) is 0 Å². The average Bonchev–Trinajstić information content (AvgIpc) is 3.10. The van der Waals surface area contributed by atoms with Crippen LogP contribution in [-0.4, -0.2) is 54.4 Å². The fourth-order valence-corrected chi connectivity index (χ4v) is 3.18. The van der Waals surface area contributed by atoms with Crippen molar-refractivity contribution in [3.05, 3.63) is 53.9 Å². The molecular weight excluding hydrogens is 463 g/mol. The first-order chi connectivity index (χ1) is 12.9. The maximum Gasteiger partial charge on any atom is 0.191 e. The molecule has 156 valence electrons. The van der Waals surface area contributed by atoms with Gasteiger partial charge in [-0.05, 0) is 43.6 Å². The Morgan fingerprint density at radius 3 is 2.46 bits per heavy atom. The van der Waals surface area contributed by atoms with E-state index in [-0.39, 0.29) is 29.4 Å². The Morgan fingerprint density at radius 2 is 1.86 bits per heavy atom. The van der Waals surface area contributed by atoms with Crippen LogP contribution in [0.1, 0.15) is 31.9 Å². The highest BCUT2D eigenvalue weighted by Crippen LogP contribution is 2.14. The van der Waals surface area contributed by atoms with Gasteiger partial charge in [0.1, 0.15) is 0 Å². The number of halogens is 1. The Balaban J connectivity index is 0.00000392. The highest BCUT2D eigenvalue weighted by atomic mass is 127. The van der Waals surface area contributed by atoms with Gasteiger partial charge in [-0.1, -0.05) is 38.1 Å². The molecule has 0 spiro atoms. The van der Waals surface area contributed by atoms with Crippen molar-refractivity contribution in [2.45, 2.75) is 33.9 Å². The molecule has 0 aliphatic heterocycles. The van der Waals surface area contributed by atoms with Gasteiger partial charge in [0, 0.05) is 32.0 Å². The van der Waals surface area contributed by atoms with Crippen molar-refractivity contribution in [3.8, 4) is 0 Å². The number of guanidine groups is 1. The van der Waals surface area contributed by atoms with E-state index in [1.807, 2.05) is 23.1 Å². The van der Waals surface area contributed by atoms with Gasteiger partial charge in [-0.25, -0.2) is 4.99 Å². The maximum absolute atomic E-state index is 4.81. The van der Waals surface area contributed by atoms with Crippen molar-refractivity contribution in [1.29, 1.82) is 0 Å². The molecule has 0 saturated heterocycles. The zero-order chi connectivity index (χ0) is 19.7. The molecule has 1 aromatic carbocycles. The molecule has 1 aromatic heterocycles. The van der Waals surface area contributed by atoms with Gasteiger partial charge in [-0.15, -0.1) is 24.0 Å². The molecule has 28 heavy (non-hydrogen) atoms. The number of benzene rings is 1. The summed E-state index contributed by atoms with van der Waals surface area (Å²) in [4.78, 5) is 7.03. The third kappa shape index (κ3) is 8.60. The number of nitrogens with zero attached hydrogens (tertiary/aromatic N) is 4. The molecule has 0 amide bonds. The fourth-order valence-electron chi connectivity index (χ4n) is 3.18. The van der Waals surface area contributed by atoms with Gasteiger partial charge in [0.15, 0.2) is 5.96 Å². The van der Waals surface area contributed by atoms with Crippen molar-refractivity contribution in [2.24, 2.45) is 10.4 Å². The van der Waals surface area contributed by atoms with Gasteiger partial charge in [0.25, 0.3) is 0 Å². The molecule has 0 aliphatic carbocycles. The van der Waals surface area contributed by atoms with Crippen LogP contribution in [0.2, 0.25) is 0 Å². The Labute approximate surface area is 186 Å². The van der Waals surface area contributed by atoms with E-state index >= 15 is 0 Å². The Bertz CT molecular complexity index is 709. The van der Waals surface area contributed by atoms with Gasteiger partial charge >= 0.3 is 0 Å². The summed E-state index contributed by atoms with van der Waals surface area (Å²) in [5.41, 5.74) is 2.63. The molecule has 2 rings (SSSR count). The molecule has 1 heterocycles. The van der Waals surface area contributed by atoms with Crippen molar-refractivity contribution >= 4 is 29.9 Å². The summed E-state index contributed by atoms with van der Waals surface area (Å²) < 4.78 is 1.94. The molecule has 2 N–H and O–H groups in total. The minimum Gasteiger partial charge on any atom is -0.357 e. The van der Waals surface area contributed by atoms with E-state index in [2.05, 4.69) is 79.8 Å². The summed E-state index contributed by atoms with van der Waals surface area (Å²) in [6.07, 6.45) is 3.79. The minimum atomic E-state index is 0. The number of rotatable bonds is 9. The van der Waals surface area contributed by atoms with Crippen LogP contribution in [0.25, 0.3) is 0 Å². The molecular formula is C21H35IN6. The Morgan fingerprint density at radius 1 is 1.14 bits per heavy atom. The van der Waals surface area contributed by atoms with Crippen LogP contribution in [0.4, 0.5) is 0 Å². The van der Waals surface area contributed by atoms with E-state index in [1.165, 1.54) is 11.1 Å². The summed E-state index contributed by atoms with van der Waals surface area (Å²) in [5, 5.41) is 11.2. The third-order valence-electron chi connectivity index (χ3n) is 4.24. The summed E-state index contributed by atoms with van der Waals surface area (Å²) in [5.74, 6) is 0.859. The maximum atomic E-state index is 4.81. The zero-order valence-corrected chi connectivity index (χ0v) is 20.1. The second-order valence-electron chi connectivity index (χ2n) is 7.92. The topological polar surface area (TPSA) is 57.5 Å². The van der Waals surface area contributed by atoms with Gasteiger partial charge < -0.3 is 15.5 Å². The van der Waals surface area contributed by atoms with E-state index in [4.69, 9.17) is 4.99 Å². The van der Waals surface area contributed by atoms with Crippen molar-refractivity contribution < 1.29 is 0 Å². The van der Waals surface area contributed by atoms with Crippen molar-refractivity contribution in [3.63, 3.8) is 0 Å². The summed E-state index contributed by atoms with van der Waals surface area (Å²) in [6, 6.07) is 10.4. The molecule has 6 nitrogen and oxygen atoms in total. The van der Waals surface area contributed by atoms with Gasteiger partial charge in [0.05, 0.1) is 13.1 Å². The van der Waals surface area contributed by atoms with Crippen LogP contribution in [0, 0.1) is 5.41 Å². The first-order valence-electron chi connectivity index (χ1n) is 9.61. The summed E-state index contributed by atoms with van der Waals surface area (Å²) in [6.45, 7) is 10.8. The summed E-state index contributed by atoms with van der Waals surface area (Å²) >= 11 is 0. The quantitative estimate of drug-likeness (QED) is 0.317. The lowest BCUT2D eigenvalue weighted by molar-refractivity contribution is 0.241. The minimum absolute atomic E-state index is 0. The van der Waals surface area contributed by atoms with E-state index in [1.54, 1.807) is 0 Å². The molecule has 0 atom stereocenters. The van der Waals surface area contributed by atoms with E-state index < -0.39 is 0 Å². The smallest absolute Gasteiger partial charge is 0.191 e.